The molecule has 28 heavy (non-hydrogen) atoms. The van der Waals surface area contributed by atoms with Gasteiger partial charge in [0.25, 0.3) is 5.91 Å². The van der Waals surface area contributed by atoms with Gasteiger partial charge in [0, 0.05) is 30.3 Å². The first-order valence-electron chi connectivity index (χ1n) is 10.6. The van der Waals surface area contributed by atoms with Gasteiger partial charge in [0.1, 0.15) is 6.54 Å². The van der Waals surface area contributed by atoms with Crippen LogP contribution in [0.2, 0.25) is 0 Å². The average Bonchev–Trinajstić information content (AvgIpc) is 3.48. The normalized spacial score (nSPS) is 23.4. The predicted molar refractivity (Wildman–Crippen MR) is 110 cm³/mol. The molecule has 0 radical (unpaired) electrons. The summed E-state index contributed by atoms with van der Waals surface area (Å²) in [6.07, 6.45) is 6.86. The molecule has 2 N–H and O–H groups in total. The first kappa shape index (κ1) is 19.1. The number of fused-ring (bicyclic) bond motifs is 1. The van der Waals surface area contributed by atoms with Gasteiger partial charge in [0.15, 0.2) is 6.17 Å². The summed E-state index contributed by atoms with van der Waals surface area (Å²) >= 11 is 0. The number of amides is 2. The summed E-state index contributed by atoms with van der Waals surface area (Å²) in [5.41, 5.74) is 9.84. The first-order chi connectivity index (χ1) is 13.6. The lowest BCUT2D eigenvalue weighted by atomic mass is 10.00. The summed E-state index contributed by atoms with van der Waals surface area (Å²) in [6.45, 7) is 3.58. The maximum atomic E-state index is 13.1. The van der Waals surface area contributed by atoms with Crippen LogP contribution in [0.25, 0.3) is 0 Å². The quantitative estimate of drug-likeness (QED) is 0.873. The van der Waals surface area contributed by atoms with Crippen molar-refractivity contribution in [3.8, 4) is 0 Å². The topological polar surface area (TPSA) is 79.0 Å². The van der Waals surface area contributed by atoms with Crippen LogP contribution in [-0.4, -0.2) is 48.2 Å². The van der Waals surface area contributed by atoms with E-state index >= 15 is 0 Å². The average molecular weight is 383 g/mol. The number of aryl methyl sites for hydroxylation is 1. The van der Waals surface area contributed by atoms with Gasteiger partial charge in [-0.3, -0.25) is 19.5 Å². The molecule has 0 spiro atoms. The second-order valence-corrected chi connectivity index (χ2v) is 8.28. The Morgan fingerprint density at radius 1 is 1.14 bits per heavy atom. The lowest BCUT2D eigenvalue weighted by molar-refractivity contribution is -0.131. The fraction of sp³-hybridized carbons (Fsp3) is 0.591. The van der Waals surface area contributed by atoms with Crippen LogP contribution in [-0.2, 0) is 9.59 Å². The number of anilines is 1. The van der Waals surface area contributed by atoms with Crippen LogP contribution in [0.3, 0.4) is 0 Å². The van der Waals surface area contributed by atoms with E-state index in [0.717, 1.165) is 74.1 Å². The molecule has 1 saturated heterocycles. The number of carbonyl (C=O) groups is 2. The number of para-hydroxylation sites is 1. The number of aliphatic imine (C=N–C) groups is 1. The minimum atomic E-state index is -0.942. The second kappa shape index (κ2) is 8.03. The summed E-state index contributed by atoms with van der Waals surface area (Å²) in [5.74, 6) is 0.0996. The monoisotopic (exact) mass is 382 g/mol. The van der Waals surface area contributed by atoms with Gasteiger partial charge in [-0.2, -0.15) is 0 Å². The van der Waals surface area contributed by atoms with Gasteiger partial charge < -0.3 is 10.6 Å². The molecule has 6 heteroatoms. The molecule has 0 unspecified atom stereocenters. The third kappa shape index (κ3) is 3.83. The van der Waals surface area contributed by atoms with E-state index in [9.17, 15) is 9.59 Å². The molecule has 1 aromatic rings. The van der Waals surface area contributed by atoms with Gasteiger partial charge in [0.2, 0.25) is 5.91 Å². The maximum absolute atomic E-state index is 13.1. The van der Waals surface area contributed by atoms with E-state index < -0.39 is 6.17 Å². The smallest absolute Gasteiger partial charge is 0.266 e. The Kier molecular flexibility index (Phi) is 5.49. The van der Waals surface area contributed by atoms with Crippen molar-refractivity contribution in [3.63, 3.8) is 0 Å². The molecule has 0 aromatic heterocycles. The molecule has 4 rings (SSSR count). The molecule has 2 fully saturated rings. The minimum absolute atomic E-state index is 0.00604. The highest BCUT2D eigenvalue weighted by Gasteiger charge is 2.37. The Morgan fingerprint density at radius 2 is 1.82 bits per heavy atom. The molecule has 2 amide bonds. The van der Waals surface area contributed by atoms with Gasteiger partial charge in [-0.1, -0.05) is 37.5 Å². The van der Waals surface area contributed by atoms with Crippen LogP contribution in [0.15, 0.2) is 23.2 Å². The number of hydrogen-bond acceptors (Lipinski definition) is 4. The highest BCUT2D eigenvalue weighted by Crippen LogP contribution is 2.39. The Bertz CT molecular complexity index is 792. The number of nitrogens with zero attached hydrogens (tertiary/aromatic N) is 3. The van der Waals surface area contributed by atoms with E-state index in [1.807, 2.05) is 30.0 Å². The predicted octanol–water partition coefficient (Wildman–Crippen LogP) is 2.62. The summed E-state index contributed by atoms with van der Waals surface area (Å²) in [5, 5.41) is 0. The Hall–Kier alpha value is -2.21. The van der Waals surface area contributed by atoms with E-state index in [2.05, 4.69) is 4.99 Å². The summed E-state index contributed by atoms with van der Waals surface area (Å²) < 4.78 is 0. The number of benzodiazepines with no additional fused rings is 1. The number of benzene rings is 1. The van der Waals surface area contributed by atoms with Crippen molar-refractivity contribution in [2.45, 2.75) is 58.0 Å². The standard InChI is InChI=1S/C22H30N4O2/c1-15-8-7-9-17-19(16-10-11-16)24-21(23)22(28)26(20(15)17)14-18(27)25-12-5-3-2-4-6-13-25/h7-9,16,21H,2-6,10-14,23H2,1H3/t21-/m0/s1. The number of rotatable bonds is 3. The van der Waals surface area contributed by atoms with Crippen molar-refractivity contribution in [1.29, 1.82) is 0 Å². The lowest BCUT2D eigenvalue weighted by Gasteiger charge is -2.30. The number of nitrogens with two attached hydrogens (primary N) is 1. The Labute approximate surface area is 166 Å². The van der Waals surface area contributed by atoms with E-state index in [1.54, 1.807) is 4.90 Å². The van der Waals surface area contributed by atoms with Crippen molar-refractivity contribution >= 4 is 23.2 Å². The molecular weight excluding hydrogens is 352 g/mol. The zero-order valence-corrected chi connectivity index (χ0v) is 16.7. The molecular formula is C22H30N4O2. The van der Waals surface area contributed by atoms with Gasteiger partial charge in [-0.25, -0.2) is 0 Å². The SMILES string of the molecule is Cc1cccc2c1N(CC(=O)N1CCCCCCC1)C(=O)[C@@H](N)N=C2C1CC1. The molecule has 6 nitrogen and oxygen atoms in total. The number of hydrogen-bond donors (Lipinski definition) is 1. The third-order valence-corrected chi connectivity index (χ3v) is 6.05. The van der Waals surface area contributed by atoms with Crippen LogP contribution in [0, 0.1) is 12.8 Å². The maximum Gasteiger partial charge on any atom is 0.266 e. The zero-order chi connectivity index (χ0) is 19.7. The molecule has 2 aliphatic heterocycles. The van der Waals surface area contributed by atoms with Crippen LogP contribution in [0.1, 0.15) is 56.1 Å². The van der Waals surface area contributed by atoms with Gasteiger partial charge in [0.05, 0.1) is 5.69 Å². The van der Waals surface area contributed by atoms with Crippen LogP contribution in [0.5, 0.6) is 0 Å². The molecule has 2 heterocycles. The van der Waals surface area contributed by atoms with Crippen LogP contribution < -0.4 is 10.6 Å². The first-order valence-corrected chi connectivity index (χ1v) is 10.6. The number of carbonyl (C=O) groups excluding carboxylic acids is 2. The van der Waals surface area contributed by atoms with Crippen LogP contribution in [0.4, 0.5) is 5.69 Å². The Balaban J connectivity index is 1.64. The van der Waals surface area contributed by atoms with Crippen molar-refractivity contribution in [3.05, 3.63) is 29.3 Å². The van der Waals surface area contributed by atoms with E-state index in [-0.39, 0.29) is 18.4 Å². The van der Waals surface area contributed by atoms with E-state index in [4.69, 9.17) is 5.73 Å². The second-order valence-electron chi connectivity index (χ2n) is 8.28. The van der Waals surface area contributed by atoms with Crippen molar-refractivity contribution < 1.29 is 9.59 Å². The van der Waals surface area contributed by atoms with Crippen molar-refractivity contribution in [2.75, 3.05) is 24.5 Å². The summed E-state index contributed by atoms with van der Waals surface area (Å²) in [6, 6.07) is 5.99. The lowest BCUT2D eigenvalue weighted by Crippen LogP contribution is -2.48. The molecule has 150 valence electrons. The molecule has 0 bridgehead atoms. The fourth-order valence-electron chi connectivity index (χ4n) is 4.34. The molecule has 3 aliphatic rings. The molecule has 1 saturated carbocycles. The van der Waals surface area contributed by atoms with Gasteiger partial charge in [-0.05, 0) is 38.2 Å². The Morgan fingerprint density at radius 3 is 2.50 bits per heavy atom. The highest BCUT2D eigenvalue weighted by atomic mass is 16.2. The van der Waals surface area contributed by atoms with Crippen molar-refractivity contribution in [1.82, 2.24) is 4.90 Å². The highest BCUT2D eigenvalue weighted by molar-refractivity contribution is 6.15. The van der Waals surface area contributed by atoms with Crippen molar-refractivity contribution in [2.24, 2.45) is 16.6 Å². The molecule has 1 aromatic carbocycles. The van der Waals surface area contributed by atoms with E-state index in [1.165, 1.54) is 6.42 Å². The largest absolute Gasteiger partial charge is 0.341 e. The van der Waals surface area contributed by atoms with Gasteiger partial charge in [-0.15, -0.1) is 0 Å². The fourth-order valence-corrected chi connectivity index (χ4v) is 4.34. The van der Waals surface area contributed by atoms with Crippen LogP contribution >= 0.6 is 0 Å². The number of likely N-dealkylation sites (tertiary alicyclic amines) is 1. The summed E-state index contributed by atoms with van der Waals surface area (Å²) in [4.78, 5) is 34.3. The molecule has 1 atom stereocenters. The third-order valence-electron chi connectivity index (χ3n) is 6.05. The molecule has 1 aliphatic carbocycles. The van der Waals surface area contributed by atoms with E-state index in [0.29, 0.717) is 5.92 Å². The van der Waals surface area contributed by atoms with Gasteiger partial charge >= 0.3 is 0 Å². The zero-order valence-electron chi connectivity index (χ0n) is 16.7. The minimum Gasteiger partial charge on any atom is -0.341 e. The summed E-state index contributed by atoms with van der Waals surface area (Å²) in [7, 11) is 0.